The number of rotatable bonds is 5. The molecule has 106 valence electrons. The normalized spacial score (nSPS) is 18.6. The third-order valence-corrected chi connectivity index (χ3v) is 4.71. The summed E-state index contributed by atoms with van der Waals surface area (Å²) in [6, 6.07) is 10.9. The van der Waals surface area contributed by atoms with E-state index < -0.39 is 0 Å². The molecule has 1 atom stereocenters. The molecule has 1 aromatic carbocycles. The van der Waals surface area contributed by atoms with Gasteiger partial charge in [-0.15, -0.1) is 0 Å². The highest BCUT2D eigenvalue weighted by molar-refractivity contribution is 7.99. The zero-order chi connectivity index (χ0) is 13.8. The van der Waals surface area contributed by atoms with Crippen molar-refractivity contribution in [2.45, 2.75) is 19.4 Å². The Morgan fingerprint density at radius 1 is 1.35 bits per heavy atom. The van der Waals surface area contributed by atoms with Gasteiger partial charge in [-0.1, -0.05) is 18.2 Å². The Hall–Kier alpha value is -1.26. The zero-order valence-corrected chi connectivity index (χ0v) is 12.6. The molecule has 4 heteroatoms. The molecule has 0 bridgehead atoms. The molecule has 1 unspecified atom stereocenters. The van der Waals surface area contributed by atoms with Crippen molar-refractivity contribution in [3.05, 3.63) is 36.0 Å². The number of hydrogen-bond donors (Lipinski definition) is 1. The van der Waals surface area contributed by atoms with Gasteiger partial charge < -0.3 is 10.1 Å². The molecule has 3 rings (SSSR count). The molecule has 0 saturated carbocycles. The number of hydrogen-bond acceptors (Lipinski definition) is 4. The van der Waals surface area contributed by atoms with Crippen LogP contribution in [0.15, 0.2) is 30.3 Å². The average molecular weight is 288 g/mol. The van der Waals surface area contributed by atoms with Crippen molar-refractivity contribution < 1.29 is 4.74 Å². The molecular formula is C16H20N2OS. The van der Waals surface area contributed by atoms with Crippen LogP contribution in [0.25, 0.3) is 10.9 Å². The van der Waals surface area contributed by atoms with Crippen molar-refractivity contribution in [3.63, 3.8) is 0 Å². The standard InChI is InChI=1S/C16H20N2OS/c1-12-5-6-13-3-2-4-15(16(13)18-12)19-9-8-17-14-7-10-20-11-14/h2-6,14,17H,7-11H2,1H3. The zero-order valence-electron chi connectivity index (χ0n) is 11.8. The fourth-order valence-corrected chi connectivity index (χ4v) is 3.64. The summed E-state index contributed by atoms with van der Waals surface area (Å²) in [7, 11) is 0. The highest BCUT2D eigenvalue weighted by Crippen LogP contribution is 2.23. The molecule has 2 heterocycles. The second-order valence-electron chi connectivity index (χ2n) is 5.14. The Morgan fingerprint density at radius 3 is 3.15 bits per heavy atom. The van der Waals surface area contributed by atoms with Crippen LogP contribution in [-0.4, -0.2) is 35.7 Å². The summed E-state index contributed by atoms with van der Waals surface area (Å²) in [6.07, 6.45) is 1.28. The van der Waals surface area contributed by atoms with Crippen LogP contribution in [0.3, 0.4) is 0 Å². The smallest absolute Gasteiger partial charge is 0.145 e. The molecule has 0 radical (unpaired) electrons. The first-order valence-corrected chi connectivity index (χ1v) is 8.29. The van der Waals surface area contributed by atoms with E-state index in [1.807, 2.05) is 36.9 Å². The highest BCUT2D eigenvalue weighted by atomic mass is 32.2. The van der Waals surface area contributed by atoms with E-state index in [0.29, 0.717) is 12.6 Å². The van der Waals surface area contributed by atoms with Gasteiger partial charge in [0.05, 0.1) is 0 Å². The minimum Gasteiger partial charge on any atom is -0.490 e. The van der Waals surface area contributed by atoms with Gasteiger partial charge in [0.1, 0.15) is 17.9 Å². The van der Waals surface area contributed by atoms with Crippen LogP contribution in [0.2, 0.25) is 0 Å². The first-order chi connectivity index (χ1) is 9.83. The molecule has 2 aromatic rings. The lowest BCUT2D eigenvalue weighted by Crippen LogP contribution is -2.32. The Balaban J connectivity index is 1.60. The van der Waals surface area contributed by atoms with E-state index in [2.05, 4.69) is 22.4 Å². The van der Waals surface area contributed by atoms with Gasteiger partial charge in [-0.25, -0.2) is 4.98 Å². The number of fused-ring (bicyclic) bond motifs is 1. The lowest BCUT2D eigenvalue weighted by atomic mass is 10.2. The number of nitrogens with zero attached hydrogens (tertiary/aromatic N) is 1. The molecular weight excluding hydrogens is 268 g/mol. The van der Waals surface area contributed by atoms with Crippen LogP contribution in [0.1, 0.15) is 12.1 Å². The Morgan fingerprint density at radius 2 is 2.30 bits per heavy atom. The molecule has 0 aliphatic carbocycles. The molecule has 3 nitrogen and oxygen atoms in total. The van der Waals surface area contributed by atoms with Crippen LogP contribution in [0.4, 0.5) is 0 Å². The SMILES string of the molecule is Cc1ccc2cccc(OCCNC3CCSC3)c2n1. The number of thioether (sulfide) groups is 1. The number of nitrogens with one attached hydrogen (secondary N) is 1. The summed E-state index contributed by atoms with van der Waals surface area (Å²) < 4.78 is 5.90. The number of benzene rings is 1. The molecule has 1 fully saturated rings. The lowest BCUT2D eigenvalue weighted by molar-refractivity contribution is 0.310. The quantitative estimate of drug-likeness (QED) is 0.858. The number of aryl methyl sites for hydroxylation is 1. The molecule has 1 aromatic heterocycles. The number of para-hydroxylation sites is 1. The average Bonchev–Trinajstić information content (AvgIpc) is 2.97. The van der Waals surface area contributed by atoms with Gasteiger partial charge in [0.15, 0.2) is 0 Å². The van der Waals surface area contributed by atoms with E-state index in [1.165, 1.54) is 17.9 Å². The van der Waals surface area contributed by atoms with E-state index in [0.717, 1.165) is 28.9 Å². The van der Waals surface area contributed by atoms with Crippen molar-refractivity contribution in [1.82, 2.24) is 10.3 Å². The van der Waals surface area contributed by atoms with Crippen LogP contribution in [-0.2, 0) is 0 Å². The maximum atomic E-state index is 5.90. The Bertz CT molecular complexity index is 582. The van der Waals surface area contributed by atoms with Crippen LogP contribution < -0.4 is 10.1 Å². The largest absolute Gasteiger partial charge is 0.490 e. The lowest BCUT2D eigenvalue weighted by Gasteiger charge is -2.13. The molecule has 20 heavy (non-hydrogen) atoms. The molecule has 0 spiro atoms. The van der Waals surface area contributed by atoms with Crippen LogP contribution >= 0.6 is 11.8 Å². The second-order valence-corrected chi connectivity index (χ2v) is 6.29. The van der Waals surface area contributed by atoms with Crippen molar-refractivity contribution in [2.75, 3.05) is 24.7 Å². The Labute approximate surface area is 124 Å². The van der Waals surface area contributed by atoms with Gasteiger partial charge in [-0.05, 0) is 31.2 Å². The summed E-state index contributed by atoms with van der Waals surface area (Å²) in [4.78, 5) is 4.58. The minimum absolute atomic E-state index is 0.663. The summed E-state index contributed by atoms with van der Waals surface area (Å²) >= 11 is 2.03. The van der Waals surface area contributed by atoms with Gasteiger partial charge >= 0.3 is 0 Å². The Kier molecular flexibility index (Phi) is 4.43. The van der Waals surface area contributed by atoms with Gasteiger partial charge in [0, 0.05) is 29.4 Å². The predicted molar refractivity (Wildman–Crippen MR) is 85.7 cm³/mol. The van der Waals surface area contributed by atoms with E-state index in [-0.39, 0.29) is 0 Å². The maximum absolute atomic E-state index is 5.90. The van der Waals surface area contributed by atoms with Crippen molar-refractivity contribution in [2.24, 2.45) is 0 Å². The summed E-state index contributed by atoms with van der Waals surface area (Å²) in [5.41, 5.74) is 1.98. The first-order valence-electron chi connectivity index (χ1n) is 7.13. The van der Waals surface area contributed by atoms with Crippen molar-refractivity contribution in [1.29, 1.82) is 0 Å². The molecule has 0 amide bonds. The van der Waals surface area contributed by atoms with Gasteiger partial charge in [-0.2, -0.15) is 11.8 Å². The summed E-state index contributed by atoms with van der Waals surface area (Å²) in [5.74, 6) is 3.40. The summed E-state index contributed by atoms with van der Waals surface area (Å²) in [5, 5.41) is 4.68. The topological polar surface area (TPSA) is 34.1 Å². The molecule has 1 saturated heterocycles. The predicted octanol–water partition coefficient (Wildman–Crippen LogP) is 3.02. The van der Waals surface area contributed by atoms with Crippen LogP contribution in [0, 0.1) is 6.92 Å². The number of ether oxygens (including phenoxy) is 1. The minimum atomic E-state index is 0.663. The first kappa shape index (κ1) is 13.7. The highest BCUT2D eigenvalue weighted by Gasteiger charge is 2.14. The molecule has 1 N–H and O–H groups in total. The van der Waals surface area contributed by atoms with E-state index in [1.54, 1.807) is 0 Å². The number of aromatic nitrogens is 1. The third-order valence-electron chi connectivity index (χ3n) is 3.54. The third kappa shape index (κ3) is 3.25. The van der Waals surface area contributed by atoms with E-state index in [9.17, 15) is 0 Å². The fourth-order valence-electron chi connectivity index (χ4n) is 2.45. The monoisotopic (exact) mass is 288 g/mol. The van der Waals surface area contributed by atoms with E-state index in [4.69, 9.17) is 4.74 Å². The second kappa shape index (κ2) is 6.46. The van der Waals surface area contributed by atoms with Gasteiger partial charge in [0.25, 0.3) is 0 Å². The van der Waals surface area contributed by atoms with Gasteiger partial charge in [0.2, 0.25) is 0 Å². The maximum Gasteiger partial charge on any atom is 0.145 e. The van der Waals surface area contributed by atoms with Crippen LogP contribution in [0.5, 0.6) is 5.75 Å². The van der Waals surface area contributed by atoms with Crippen molar-refractivity contribution >= 4 is 22.7 Å². The molecule has 1 aliphatic rings. The number of pyridine rings is 1. The summed E-state index contributed by atoms with van der Waals surface area (Å²) in [6.45, 7) is 3.60. The fraction of sp³-hybridized carbons (Fsp3) is 0.438. The van der Waals surface area contributed by atoms with E-state index >= 15 is 0 Å². The molecule has 1 aliphatic heterocycles. The van der Waals surface area contributed by atoms with Crippen molar-refractivity contribution in [3.8, 4) is 5.75 Å². The van der Waals surface area contributed by atoms with Gasteiger partial charge in [-0.3, -0.25) is 0 Å².